The smallest absolute Gasteiger partial charge is 0.0512 e. The highest BCUT2D eigenvalue weighted by Crippen LogP contribution is 2.24. The van der Waals surface area contributed by atoms with Crippen LogP contribution in [-0.2, 0) is 0 Å². The summed E-state index contributed by atoms with van der Waals surface area (Å²) in [6, 6.07) is 0. The number of hydrogen-bond donors (Lipinski definition) is 1. The van der Waals surface area contributed by atoms with Crippen molar-refractivity contribution in [1.29, 1.82) is 0 Å². The summed E-state index contributed by atoms with van der Waals surface area (Å²) in [5, 5.41) is 9.28. The highest BCUT2D eigenvalue weighted by Gasteiger charge is 2.12. The highest BCUT2D eigenvalue weighted by molar-refractivity contribution is 4.86. The molecular weight excluding hydrogens is 268 g/mol. The van der Waals surface area contributed by atoms with Crippen molar-refractivity contribution in [1.82, 2.24) is 0 Å². The topological polar surface area (TPSA) is 20.2 Å². The SMILES string of the molecule is C=C=CC(CCC(C)CCCC(C)CCCC(C)O)C(C)C. The molecule has 0 aromatic rings. The molecule has 0 aliphatic rings. The molecule has 1 N–H and O–H groups in total. The third-order valence-electron chi connectivity index (χ3n) is 4.89. The van der Waals surface area contributed by atoms with Crippen molar-refractivity contribution in [2.24, 2.45) is 23.7 Å². The van der Waals surface area contributed by atoms with Crippen molar-refractivity contribution in [3.63, 3.8) is 0 Å². The molecule has 0 amide bonds. The van der Waals surface area contributed by atoms with E-state index in [1.54, 1.807) is 0 Å². The molecule has 4 atom stereocenters. The summed E-state index contributed by atoms with van der Waals surface area (Å²) < 4.78 is 0. The van der Waals surface area contributed by atoms with Crippen molar-refractivity contribution in [2.45, 2.75) is 92.1 Å². The zero-order valence-corrected chi connectivity index (χ0v) is 15.8. The quantitative estimate of drug-likeness (QED) is 0.392. The maximum absolute atomic E-state index is 9.28. The second kappa shape index (κ2) is 13.0. The molecule has 0 aromatic heterocycles. The van der Waals surface area contributed by atoms with Crippen molar-refractivity contribution in [2.75, 3.05) is 0 Å². The van der Waals surface area contributed by atoms with Gasteiger partial charge in [0, 0.05) is 0 Å². The van der Waals surface area contributed by atoms with Crippen LogP contribution in [0.4, 0.5) is 0 Å². The van der Waals surface area contributed by atoms with Gasteiger partial charge in [-0.15, -0.1) is 5.73 Å². The molecule has 4 unspecified atom stereocenters. The Morgan fingerprint density at radius 3 is 1.77 bits per heavy atom. The normalized spacial score (nSPS) is 16.9. The Morgan fingerprint density at radius 2 is 1.32 bits per heavy atom. The molecule has 130 valence electrons. The standard InChI is InChI=1S/C21H40O/c1-7-10-21(17(2)3)16-15-19(5)12-8-11-18(4)13-9-14-20(6)22/h10,17-22H,1,8-9,11-16H2,2-6H3. The molecule has 0 aromatic carbocycles. The first-order valence-electron chi connectivity index (χ1n) is 9.40. The number of aliphatic hydroxyl groups excluding tert-OH is 1. The first kappa shape index (κ1) is 21.5. The summed E-state index contributed by atoms with van der Waals surface area (Å²) in [7, 11) is 0. The van der Waals surface area contributed by atoms with Crippen LogP contribution in [0.5, 0.6) is 0 Å². The second-order valence-electron chi connectivity index (χ2n) is 7.78. The van der Waals surface area contributed by atoms with E-state index < -0.39 is 0 Å². The van der Waals surface area contributed by atoms with E-state index in [1.165, 1.54) is 44.9 Å². The van der Waals surface area contributed by atoms with Crippen LogP contribution in [0.25, 0.3) is 0 Å². The molecule has 0 rings (SSSR count). The molecule has 0 spiro atoms. The average molecular weight is 309 g/mol. The molecule has 0 fully saturated rings. The Labute approximate surface area is 139 Å². The van der Waals surface area contributed by atoms with E-state index in [0.29, 0.717) is 11.8 Å². The Kier molecular flexibility index (Phi) is 12.7. The lowest BCUT2D eigenvalue weighted by Gasteiger charge is -2.19. The molecule has 0 aliphatic carbocycles. The van der Waals surface area contributed by atoms with Gasteiger partial charge in [0.05, 0.1) is 6.10 Å². The lowest BCUT2D eigenvalue weighted by Crippen LogP contribution is -2.08. The van der Waals surface area contributed by atoms with Gasteiger partial charge in [-0.1, -0.05) is 72.8 Å². The highest BCUT2D eigenvalue weighted by atomic mass is 16.3. The van der Waals surface area contributed by atoms with E-state index in [4.69, 9.17) is 0 Å². The van der Waals surface area contributed by atoms with Crippen molar-refractivity contribution in [3.8, 4) is 0 Å². The van der Waals surface area contributed by atoms with Crippen LogP contribution >= 0.6 is 0 Å². The lowest BCUT2D eigenvalue weighted by molar-refractivity contribution is 0.178. The molecule has 1 nitrogen and oxygen atoms in total. The average Bonchev–Trinajstić information content (AvgIpc) is 2.42. The monoisotopic (exact) mass is 308 g/mol. The predicted octanol–water partition coefficient (Wildman–Crippen LogP) is 6.37. The minimum atomic E-state index is -0.134. The van der Waals surface area contributed by atoms with Crippen molar-refractivity contribution < 1.29 is 5.11 Å². The summed E-state index contributed by atoms with van der Waals surface area (Å²) in [4.78, 5) is 0. The van der Waals surface area contributed by atoms with Crippen LogP contribution in [0.2, 0.25) is 0 Å². The van der Waals surface area contributed by atoms with Crippen molar-refractivity contribution >= 4 is 0 Å². The van der Waals surface area contributed by atoms with E-state index in [9.17, 15) is 5.11 Å². The fourth-order valence-electron chi connectivity index (χ4n) is 3.10. The van der Waals surface area contributed by atoms with E-state index in [2.05, 4.69) is 46.1 Å². The molecule has 0 radical (unpaired) electrons. The maximum atomic E-state index is 9.28. The van der Waals surface area contributed by atoms with Gasteiger partial charge in [-0.3, -0.25) is 0 Å². The first-order valence-corrected chi connectivity index (χ1v) is 9.40. The molecule has 0 bridgehead atoms. The van der Waals surface area contributed by atoms with Crippen molar-refractivity contribution in [3.05, 3.63) is 18.4 Å². The number of aliphatic hydroxyl groups is 1. The van der Waals surface area contributed by atoms with Crippen LogP contribution in [0.3, 0.4) is 0 Å². The van der Waals surface area contributed by atoms with E-state index >= 15 is 0 Å². The molecular formula is C21H40O. The van der Waals surface area contributed by atoms with Gasteiger partial charge in [0.25, 0.3) is 0 Å². The van der Waals surface area contributed by atoms with Crippen LogP contribution < -0.4 is 0 Å². The number of hydrogen-bond acceptors (Lipinski definition) is 1. The van der Waals surface area contributed by atoms with Crippen LogP contribution in [0, 0.1) is 23.7 Å². The van der Waals surface area contributed by atoms with E-state index in [0.717, 1.165) is 18.3 Å². The van der Waals surface area contributed by atoms with Gasteiger partial charge >= 0.3 is 0 Å². The van der Waals surface area contributed by atoms with Gasteiger partial charge in [0.2, 0.25) is 0 Å². The summed E-state index contributed by atoms with van der Waals surface area (Å²) in [6.07, 6.45) is 12.0. The molecule has 22 heavy (non-hydrogen) atoms. The van der Waals surface area contributed by atoms with Gasteiger partial charge in [0.1, 0.15) is 0 Å². The third kappa shape index (κ3) is 12.1. The zero-order valence-electron chi connectivity index (χ0n) is 15.8. The van der Waals surface area contributed by atoms with Gasteiger partial charge < -0.3 is 5.11 Å². The van der Waals surface area contributed by atoms with Gasteiger partial charge in [-0.05, 0) is 49.5 Å². The lowest BCUT2D eigenvalue weighted by atomic mass is 9.86. The minimum Gasteiger partial charge on any atom is -0.393 e. The van der Waals surface area contributed by atoms with E-state index in [1.807, 2.05) is 6.92 Å². The summed E-state index contributed by atoms with van der Waals surface area (Å²) in [5.74, 6) is 2.96. The molecule has 0 aliphatic heterocycles. The van der Waals surface area contributed by atoms with Gasteiger partial charge in [-0.25, -0.2) is 0 Å². The minimum absolute atomic E-state index is 0.134. The molecule has 1 heteroatoms. The summed E-state index contributed by atoms with van der Waals surface area (Å²) >= 11 is 0. The van der Waals surface area contributed by atoms with Gasteiger partial charge in [0.15, 0.2) is 0 Å². The largest absolute Gasteiger partial charge is 0.393 e. The predicted molar refractivity (Wildman–Crippen MR) is 99.0 cm³/mol. The summed E-state index contributed by atoms with van der Waals surface area (Å²) in [6.45, 7) is 14.9. The maximum Gasteiger partial charge on any atom is 0.0512 e. The second-order valence-corrected chi connectivity index (χ2v) is 7.78. The summed E-state index contributed by atoms with van der Waals surface area (Å²) in [5.41, 5.74) is 2.97. The van der Waals surface area contributed by atoms with E-state index in [-0.39, 0.29) is 6.10 Å². The fraction of sp³-hybridized carbons (Fsp3) is 0.857. The third-order valence-corrected chi connectivity index (χ3v) is 4.89. The molecule has 0 heterocycles. The Balaban J connectivity index is 3.76. The van der Waals surface area contributed by atoms with Crippen LogP contribution in [0.15, 0.2) is 18.4 Å². The number of allylic oxidation sites excluding steroid dienone is 1. The van der Waals surface area contributed by atoms with Crippen LogP contribution in [-0.4, -0.2) is 11.2 Å². The fourth-order valence-corrected chi connectivity index (χ4v) is 3.10. The Hall–Kier alpha value is -0.520. The molecule has 0 saturated heterocycles. The Bertz CT molecular complexity index is 299. The van der Waals surface area contributed by atoms with Crippen LogP contribution in [0.1, 0.15) is 86.0 Å². The Morgan fingerprint density at radius 1 is 0.818 bits per heavy atom. The molecule has 0 saturated carbocycles. The first-order chi connectivity index (χ1) is 10.4. The number of rotatable bonds is 13. The zero-order chi connectivity index (χ0) is 17.0. The van der Waals surface area contributed by atoms with Gasteiger partial charge in [-0.2, -0.15) is 0 Å².